The van der Waals surface area contributed by atoms with E-state index in [1.807, 2.05) is 36.4 Å². The summed E-state index contributed by atoms with van der Waals surface area (Å²) in [4.78, 5) is 30.0. The second kappa shape index (κ2) is 12.0. The number of carboxylic acids is 2. The Morgan fingerprint density at radius 1 is 1.00 bits per heavy atom. The minimum Gasteiger partial charge on any atom is -0.497 e. The van der Waals surface area contributed by atoms with E-state index < -0.39 is 18.0 Å². The molecule has 1 amide bonds. The van der Waals surface area contributed by atoms with Crippen LogP contribution in [-0.4, -0.2) is 53.4 Å². The summed E-state index contributed by atoms with van der Waals surface area (Å²) in [6.07, 6.45) is -0.634. The Bertz CT molecular complexity index is 769. The predicted octanol–water partition coefficient (Wildman–Crippen LogP) is 1.11. The summed E-state index contributed by atoms with van der Waals surface area (Å²) in [5.41, 5.74) is 1.50. The molecule has 2 rings (SSSR count). The number of aliphatic hydroxyl groups is 1. The van der Waals surface area contributed by atoms with Crippen molar-refractivity contribution in [2.45, 2.75) is 6.10 Å². The van der Waals surface area contributed by atoms with Crippen molar-refractivity contribution in [3.05, 3.63) is 60.2 Å². The maximum Gasteiger partial charge on any atom is 0.414 e. The van der Waals surface area contributed by atoms with Crippen LogP contribution in [0.15, 0.2) is 54.6 Å². The fourth-order valence-corrected chi connectivity index (χ4v) is 2.02. The summed E-state index contributed by atoms with van der Waals surface area (Å²) in [6, 6.07) is 16.5. The van der Waals surface area contributed by atoms with Crippen LogP contribution in [-0.2, 0) is 14.4 Å². The van der Waals surface area contributed by atoms with Crippen molar-refractivity contribution in [3.8, 4) is 5.75 Å². The monoisotopic (exact) mass is 390 g/mol. The van der Waals surface area contributed by atoms with Crippen molar-refractivity contribution >= 4 is 23.5 Å². The lowest BCUT2D eigenvalue weighted by Crippen LogP contribution is -2.31. The average molecular weight is 390 g/mol. The van der Waals surface area contributed by atoms with Gasteiger partial charge in [-0.1, -0.05) is 36.4 Å². The number of benzene rings is 2. The van der Waals surface area contributed by atoms with Crippen LogP contribution < -0.4 is 15.4 Å². The number of nitrogens with one attached hydrogen (secondary N) is 2. The fraction of sp³-hybridized carbons (Fsp3) is 0.211. The third-order valence-corrected chi connectivity index (χ3v) is 3.34. The number of carboxylic acid groups (broad SMARTS) is 2. The Hall–Kier alpha value is -3.43. The van der Waals surface area contributed by atoms with Gasteiger partial charge in [-0.2, -0.15) is 0 Å². The van der Waals surface area contributed by atoms with Gasteiger partial charge in [0.05, 0.1) is 19.8 Å². The third-order valence-electron chi connectivity index (χ3n) is 3.34. The molecule has 2 aromatic carbocycles. The zero-order valence-electron chi connectivity index (χ0n) is 15.2. The molecule has 0 saturated carbocycles. The molecule has 0 saturated heterocycles. The number of hydrogen-bond donors (Lipinski definition) is 5. The van der Waals surface area contributed by atoms with Crippen LogP contribution in [0.25, 0.3) is 0 Å². The standard InChI is InChI=1S/C17H20N2O3.C2H2O4/c1-22-15-9-5-8-14(10-15)19-17(21)12-18-11-16(20)13-6-3-2-4-7-13;3-1(4)2(5)6/h2-10,16,18,20H,11-12H2,1H3,(H,19,21);(H,3,4)(H,5,6). The van der Waals surface area contributed by atoms with E-state index >= 15 is 0 Å². The minimum absolute atomic E-state index is 0.126. The van der Waals surface area contributed by atoms with Gasteiger partial charge in [0.15, 0.2) is 0 Å². The smallest absolute Gasteiger partial charge is 0.414 e. The van der Waals surface area contributed by atoms with Crippen LogP contribution in [0.4, 0.5) is 5.69 Å². The number of rotatable bonds is 7. The largest absolute Gasteiger partial charge is 0.497 e. The SMILES string of the molecule is COc1cccc(NC(=O)CNCC(O)c2ccccc2)c1.O=C(O)C(=O)O. The molecule has 1 atom stereocenters. The van der Waals surface area contributed by atoms with Gasteiger partial charge in [-0.3, -0.25) is 4.79 Å². The second-order valence-electron chi connectivity index (χ2n) is 5.45. The number of amides is 1. The normalized spacial score (nSPS) is 10.8. The number of aliphatic carboxylic acids is 2. The topological polar surface area (TPSA) is 145 Å². The summed E-state index contributed by atoms with van der Waals surface area (Å²) in [5.74, 6) is -3.14. The fourth-order valence-electron chi connectivity index (χ4n) is 2.02. The highest BCUT2D eigenvalue weighted by atomic mass is 16.5. The van der Waals surface area contributed by atoms with Crippen LogP contribution in [0, 0.1) is 0 Å². The first-order valence-electron chi connectivity index (χ1n) is 8.17. The molecular formula is C19H22N2O7. The molecule has 0 aromatic heterocycles. The number of carbonyl (C=O) groups is 3. The lowest BCUT2D eigenvalue weighted by Gasteiger charge is -2.12. The number of ether oxygens (including phenoxy) is 1. The van der Waals surface area contributed by atoms with Crippen molar-refractivity contribution in [1.29, 1.82) is 0 Å². The molecule has 0 aliphatic heterocycles. The lowest BCUT2D eigenvalue weighted by molar-refractivity contribution is -0.159. The summed E-state index contributed by atoms with van der Waals surface area (Å²) in [6.45, 7) is 0.441. The molecule has 0 aliphatic rings. The Morgan fingerprint density at radius 2 is 1.64 bits per heavy atom. The van der Waals surface area contributed by atoms with E-state index in [9.17, 15) is 9.90 Å². The number of anilines is 1. The Balaban J connectivity index is 0.000000568. The first-order valence-corrected chi connectivity index (χ1v) is 8.17. The summed E-state index contributed by atoms with van der Waals surface area (Å²) in [5, 5.41) is 30.5. The van der Waals surface area contributed by atoms with E-state index in [0.717, 1.165) is 5.56 Å². The molecule has 150 valence electrons. The molecule has 9 heteroatoms. The summed E-state index contributed by atoms with van der Waals surface area (Å²) in [7, 11) is 1.58. The van der Waals surface area contributed by atoms with Gasteiger partial charge in [-0.25, -0.2) is 9.59 Å². The molecule has 0 aliphatic carbocycles. The van der Waals surface area contributed by atoms with E-state index in [2.05, 4.69) is 10.6 Å². The first-order chi connectivity index (χ1) is 13.3. The van der Waals surface area contributed by atoms with Crippen LogP contribution in [0.2, 0.25) is 0 Å². The first kappa shape index (κ1) is 22.6. The van der Waals surface area contributed by atoms with Gasteiger partial charge < -0.3 is 30.7 Å². The molecule has 28 heavy (non-hydrogen) atoms. The Labute approximate surface area is 161 Å². The molecule has 2 aromatic rings. The molecule has 5 N–H and O–H groups in total. The molecule has 1 unspecified atom stereocenters. The van der Waals surface area contributed by atoms with Gasteiger partial charge in [-0.15, -0.1) is 0 Å². The van der Waals surface area contributed by atoms with Gasteiger partial charge >= 0.3 is 11.9 Å². The van der Waals surface area contributed by atoms with Crippen LogP contribution in [0.1, 0.15) is 11.7 Å². The van der Waals surface area contributed by atoms with Crippen LogP contribution in [0.3, 0.4) is 0 Å². The van der Waals surface area contributed by atoms with Crippen molar-refractivity contribution in [1.82, 2.24) is 5.32 Å². The minimum atomic E-state index is -1.82. The number of carbonyl (C=O) groups excluding carboxylic acids is 1. The van der Waals surface area contributed by atoms with Gasteiger partial charge in [0.1, 0.15) is 5.75 Å². The van der Waals surface area contributed by atoms with Crippen molar-refractivity contribution < 1.29 is 34.4 Å². The van der Waals surface area contributed by atoms with Crippen molar-refractivity contribution in [2.24, 2.45) is 0 Å². The van der Waals surface area contributed by atoms with Gasteiger partial charge in [0.2, 0.25) is 5.91 Å². The van der Waals surface area contributed by atoms with Crippen LogP contribution in [0.5, 0.6) is 5.75 Å². The number of methoxy groups -OCH3 is 1. The molecule has 0 heterocycles. The average Bonchev–Trinajstić information content (AvgIpc) is 2.69. The quantitative estimate of drug-likeness (QED) is 0.442. The van der Waals surface area contributed by atoms with E-state index in [4.69, 9.17) is 24.5 Å². The summed E-state index contributed by atoms with van der Waals surface area (Å²) >= 11 is 0. The second-order valence-corrected chi connectivity index (χ2v) is 5.45. The molecule has 0 spiro atoms. The van der Waals surface area contributed by atoms with Gasteiger partial charge in [-0.05, 0) is 17.7 Å². The van der Waals surface area contributed by atoms with E-state index in [1.165, 1.54) is 0 Å². The molecule has 0 bridgehead atoms. The highest BCUT2D eigenvalue weighted by molar-refractivity contribution is 6.27. The van der Waals surface area contributed by atoms with E-state index in [1.54, 1.807) is 25.3 Å². The molecule has 0 fully saturated rings. The van der Waals surface area contributed by atoms with Gasteiger partial charge in [0, 0.05) is 18.3 Å². The maximum absolute atomic E-state index is 11.8. The van der Waals surface area contributed by atoms with Gasteiger partial charge in [0.25, 0.3) is 0 Å². The van der Waals surface area contributed by atoms with Crippen LogP contribution >= 0.6 is 0 Å². The third kappa shape index (κ3) is 8.79. The highest BCUT2D eigenvalue weighted by Crippen LogP contribution is 2.16. The Morgan fingerprint density at radius 3 is 2.21 bits per heavy atom. The zero-order chi connectivity index (χ0) is 20.9. The lowest BCUT2D eigenvalue weighted by atomic mass is 10.1. The van der Waals surface area contributed by atoms with E-state index in [-0.39, 0.29) is 12.5 Å². The van der Waals surface area contributed by atoms with Crippen molar-refractivity contribution in [2.75, 3.05) is 25.5 Å². The van der Waals surface area contributed by atoms with Crippen molar-refractivity contribution in [3.63, 3.8) is 0 Å². The molecular weight excluding hydrogens is 368 g/mol. The highest BCUT2D eigenvalue weighted by Gasteiger charge is 2.08. The number of hydrogen-bond acceptors (Lipinski definition) is 6. The summed E-state index contributed by atoms with van der Waals surface area (Å²) < 4.78 is 5.10. The van der Waals surface area contributed by atoms with E-state index in [0.29, 0.717) is 18.0 Å². The molecule has 9 nitrogen and oxygen atoms in total. The maximum atomic E-state index is 11.8. The number of aliphatic hydroxyl groups excluding tert-OH is 1. The zero-order valence-corrected chi connectivity index (χ0v) is 15.2. The predicted molar refractivity (Wildman–Crippen MR) is 101 cm³/mol. The Kier molecular flexibility index (Phi) is 9.73. The molecule has 0 radical (unpaired) electrons.